The molecule has 7 nitrogen and oxygen atoms in total. The van der Waals surface area contributed by atoms with Gasteiger partial charge in [-0.1, -0.05) is 42.5 Å². The van der Waals surface area contributed by atoms with Gasteiger partial charge in [0.25, 0.3) is 5.91 Å². The Balaban J connectivity index is 1.65. The van der Waals surface area contributed by atoms with Gasteiger partial charge in [0.15, 0.2) is 0 Å². The summed E-state index contributed by atoms with van der Waals surface area (Å²) in [6, 6.07) is 17.9. The maximum atomic E-state index is 12.2. The molecule has 2 aromatic carbocycles. The summed E-state index contributed by atoms with van der Waals surface area (Å²) in [4.78, 5) is 27.6. The van der Waals surface area contributed by atoms with E-state index in [1.807, 2.05) is 35.6 Å². The maximum Gasteiger partial charge on any atom is 0.405 e. The van der Waals surface area contributed by atoms with Crippen molar-refractivity contribution in [2.75, 3.05) is 17.2 Å². The second kappa shape index (κ2) is 10.5. The van der Waals surface area contributed by atoms with E-state index >= 15 is 0 Å². The zero-order chi connectivity index (χ0) is 23.8. The van der Waals surface area contributed by atoms with E-state index < -0.39 is 24.5 Å². The normalized spacial score (nSPS) is 11.0. The molecular weight excluding hydrogens is 435 g/mol. The number of aromatic nitrogens is 1. The fraction of sp³-hybridized carbons (Fsp3) is 0.174. The Morgan fingerprint density at radius 3 is 2.30 bits per heavy atom. The van der Waals surface area contributed by atoms with Crippen LogP contribution < -0.4 is 21.7 Å². The van der Waals surface area contributed by atoms with Gasteiger partial charge in [-0.25, -0.2) is 4.98 Å². The molecule has 0 bridgehead atoms. The topological polar surface area (TPSA) is 109 Å². The molecule has 0 aliphatic rings. The van der Waals surface area contributed by atoms with Crippen LogP contribution in [0.1, 0.15) is 21.5 Å². The highest BCUT2D eigenvalue weighted by Crippen LogP contribution is 2.22. The Labute approximate surface area is 188 Å². The van der Waals surface area contributed by atoms with Crippen molar-refractivity contribution in [3.8, 4) is 0 Å². The number of halogens is 3. The van der Waals surface area contributed by atoms with E-state index in [0.29, 0.717) is 29.3 Å². The van der Waals surface area contributed by atoms with Gasteiger partial charge >= 0.3 is 6.18 Å². The van der Waals surface area contributed by atoms with E-state index in [9.17, 15) is 22.8 Å². The molecule has 0 fully saturated rings. The predicted octanol–water partition coefficient (Wildman–Crippen LogP) is 3.76. The number of anilines is 3. The van der Waals surface area contributed by atoms with Crippen molar-refractivity contribution in [3.63, 3.8) is 0 Å². The summed E-state index contributed by atoms with van der Waals surface area (Å²) in [6.45, 7) is -0.880. The average Bonchev–Trinajstić information content (AvgIpc) is 2.78. The Morgan fingerprint density at radius 1 is 0.970 bits per heavy atom. The van der Waals surface area contributed by atoms with Crippen LogP contribution >= 0.6 is 0 Å². The summed E-state index contributed by atoms with van der Waals surface area (Å²) >= 11 is 0. The zero-order valence-electron chi connectivity index (χ0n) is 17.4. The first-order chi connectivity index (χ1) is 15.7. The van der Waals surface area contributed by atoms with Gasteiger partial charge in [0, 0.05) is 24.5 Å². The van der Waals surface area contributed by atoms with E-state index in [4.69, 9.17) is 5.73 Å². The summed E-state index contributed by atoms with van der Waals surface area (Å²) in [5, 5.41) is 8.10. The van der Waals surface area contributed by atoms with E-state index in [2.05, 4.69) is 15.6 Å². The highest BCUT2D eigenvalue weighted by Gasteiger charge is 2.27. The molecule has 0 saturated heterocycles. The van der Waals surface area contributed by atoms with Crippen molar-refractivity contribution >= 4 is 29.0 Å². The minimum Gasteiger partial charge on any atom is -0.380 e. The quantitative estimate of drug-likeness (QED) is 0.391. The zero-order valence-corrected chi connectivity index (χ0v) is 17.4. The van der Waals surface area contributed by atoms with Crippen LogP contribution in [0.2, 0.25) is 0 Å². The molecule has 1 heterocycles. The van der Waals surface area contributed by atoms with Gasteiger partial charge in [0.2, 0.25) is 5.91 Å². The van der Waals surface area contributed by atoms with Crippen LogP contribution in [0, 0.1) is 0 Å². The Bertz CT molecular complexity index is 1100. The summed E-state index contributed by atoms with van der Waals surface area (Å²) in [7, 11) is 0. The van der Waals surface area contributed by atoms with Gasteiger partial charge in [-0.15, -0.1) is 0 Å². The molecule has 0 spiro atoms. The molecule has 3 rings (SSSR count). The highest BCUT2D eigenvalue weighted by atomic mass is 19.4. The number of nitrogens with zero attached hydrogens (tertiary/aromatic N) is 1. The van der Waals surface area contributed by atoms with E-state index in [-0.39, 0.29) is 12.0 Å². The molecule has 0 radical (unpaired) electrons. The molecule has 0 saturated carbocycles. The lowest BCUT2D eigenvalue weighted by molar-refractivity contribution is -0.138. The first kappa shape index (κ1) is 23.6. The fourth-order valence-corrected chi connectivity index (χ4v) is 2.96. The number of pyridine rings is 1. The number of carbonyl (C=O) groups excluding carboxylic acids is 2. The molecule has 33 heavy (non-hydrogen) atoms. The molecule has 10 heteroatoms. The van der Waals surface area contributed by atoms with Crippen molar-refractivity contribution in [3.05, 3.63) is 83.6 Å². The largest absolute Gasteiger partial charge is 0.405 e. The second-order valence-corrected chi connectivity index (χ2v) is 7.21. The summed E-state index contributed by atoms with van der Waals surface area (Å²) in [5.74, 6) is -0.880. The molecule has 5 N–H and O–H groups in total. The van der Waals surface area contributed by atoms with Crippen LogP contribution in [0.15, 0.2) is 66.9 Å². The number of hydrogen-bond acceptors (Lipinski definition) is 5. The lowest BCUT2D eigenvalue weighted by Crippen LogP contribution is -2.34. The number of carbonyl (C=O) groups is 2. The number of benzene rings is 2. The van der Waals surface area contributed by atoms with Crippen molar-refractivity contribution in [1.29, 1.82) is 0 Å². The third kappa shape index (κ3) is 7.53. The van der Waals surface area contributed by atoms with Crippen molar-refractivity contribution < 1.29 is 22.8 Å². The molecule has 0 unspecified atom stereocenters. The average molecular weight is 457 g/mol. The van der Waals surface area contributed by atoms with E-state index in [1.165, 1.54) is 6.20 Å². The van der Waals surface area contributed by atoms with Gasteiger partial charge in [0.05, 0.1) is 17.7 Å². The van der Waals surface area contributed by atoms with Crippen LogP contribution in [0.25, 0.3) is 0 Å². The molecule has 1 aromatic heterocycles. The number of hydrogen-bond donors (Lipinski definition) is 4. The minimum atomic E-state index is -4.45. The van der Waals surface area contributed by atoms with Gasteiger partial charge in [-0.2, -0.15) is 13.2 Å². The highest BCUT2D eigenvalue weighted by molar-refractivity contribution is 5.98. The number of primary amides is 1. The van der Waals surface area contributed by atoms with Crippen LogP contribution in [0.3, 0.4) is 0 Å². The smallest absolute Gasteiger partial charge is 0.380 e. The number of nitrogens with two attached hydrogens (primary N) is 1. The molecule has 0 aliphatic heterocycles. The molecule has 172 valence electrons. The van der Waals surface area contributed by atoms with Gasteiger partial charge in [0.1, 0.15) is 12.4 Å². The van der Waals surface area contributed by atoms with Gasteiger partial charge in [-0.05, 0) is 23.3 Å². The van der Waals surface area contributed by atoms with Crippen LogP contribution in [0.4, 0.5) is 30.4 Å². The second-order valence-electron chi connectivity index (χ2n) is 7.21. The van der Waals surface area contributed by atoms with Crippen molar-refractivity contribution in [1.82, 2.24) is 10.3 Å². The monoisotopic (exact) mass is 457 g/mol. The molecule has 3 aromatic rings. The molecule has 2 amide bonds. The van der Waals surface area contributed by atoms with Crippen molar-refractivity contribution in [2.24, 2.45) is 5.73 Å². The third-order valence-electron chi connectivity index (χ3n) is 4.57. The van der Waals surface area contributed by atoms with Crippen LogP contribution in [0.5, 0.6) is 0 Å². The Kier molecular flexibility index (Phi) is 7.50. The Hall–Kier alpha value is -4.08. The summed E-state index contributed by atoms with van der Waals surface area (Å²) in [6.07, 6.45) is -3.25. The number of nitrogens with one attached hydrogen (secondary N) is 3. The van der Waals surface area contributed by atoms with Crippen molar-refractivity contribution in [2.45, 2.75) is 19.1 Å². The molecular formula is C23H22F3N5O2. The first-order valence-electron chi connectivity index (χ1n) is 9.97. The van der Waals surface area contributed by atoms with Gasteiger partial charge in [-0.3, -0.25) is 9.59 Å². The summed E-state index contributed by atoms with van der Waals surface area (Å²) in [5.41, 5.74) is 8.44. The Morgan fingerprint density at radius 2 is 1.67 bits per heavy atom. The van der Waals surface area contributed by atoms with E-state index in [1.54, 1.807) is 30.3 Å². The fourth-order valence-electron chi connectivity index (χ4n) is 2.96. The molecule has 0 atom stereocenters. The number of rotatable bonds is 9. The summed E-state index contributed by atoms with van der Waals surface area (Å²) < 4.78 is 36.6. The lowest BCUT2D eigenvalue weighted by Gasteiger charge is -2.13. The predicted molar refractivity (Wildman–Crippen MR) is 119 cm³/mol. The first-order valence-corrected chi connectivity index (χ1v) is 9.97. The maximum absolute atomic E-state index is 12.2. The lowest BCUT2D eigenvalue weighted by atomic mass is 10.1. The molecule has 0 aliphatic carbocycles. The van der Waals surface area contributed by atoms with Gasteiger partial charge < -0.3 is 21.7 Å². The minimum absolute atomic E-state index is 0.171. The number of alkyl halides is 3. The third-order valence-corrected chi connectivity index (χ3v) is 4.57. The van der Waals surface area contributed by atoms with Crippen LogP contribution in [-0.4, -0.2) is 29.5 Å². The standard InChI is InChI=1S/C23H22F3N5O2/c24-23(25,26)14-30-21(32)10-15-6-8-17(9-7-15)31-20-11-19(18(13-29-20)22(27)33)28-12-16-4-2-1-3-5-16/h1-9,11,13H,10,12,14H2,(H2,27,33)(H,30,32)(H2,28,29,31). The van der Waals surface area contributed by atoms with Crippen LogP contribution in [-0.2, 0) is 17.8 Å². The number of amides is 2. The van der Waals surface area contributed by atoms with E-state index in [0.717, 1.165) is 5.56 Å². The SMILES string of the molecule is NC(=O)c1cnc(Nc2ccc(CC(=O)NCC(F)(F)F)cc2)cc1NCc1ccccc1.